The molecule has 3 aromatic carbocycles. The number of methoxy groups -OCH3 is 3. The van der Waals surface area contributed by atoms with E-state index in [1.807, 2.05) is 0 Å². The second-order valence-electron chi connectivity index (χ2n) is 6.38. The maximum Gasteiger partial charge on any atom is 0.240 e. The molecule has 158 valence electrons. The molecule has 0 saturated carbocycles. The first-order valence-electron chi connectivity index (χ1n) is 9.02. The van der Waals surface area contributed by atoms with E-state index in [4.69, 9.17) is 14.2 Å². The first kappa shape index (κ1) is 21.6. The van der Waals surface area contributed by atoms with Gasteiger partial charge in [0.1, 0.15) is 23.1 Å². The zero-order valence-corrected chi connectivity index (χ0v) is 17.6. The van der Waals surface area contributed by atoms with Gasteiger partial charge in [-0.3, -0.25) is 0 Å². The van der Waals surface area contributed by atoms with Gasteiger partial charge < -0.3 is 14.2 Å². The van der Waals surface area contributed by atoms with Crippen molar-refractivity contribution in [3.8, 4) is 28.4 Å². The lowest BCUT2D eigenvalue weighted by atomic mass is 10.0. The SMILES string of the molecule is COc1ccc(S(=O)(=O)NCc2ccc(-c3cc(F)ccc3OC)c(OC)c2)cc1. The highest BCUT2D eigenvalue weighted by atomic mass is 32.2. The third-order valence-electron chi connectivity index (χ3n) is 4.55. The van der Waals surface area contributed by atoms with E-state index in [0.717, 1.165) is 0 Å². The molecule has 0 radical (unpaired) electrons. The molecule has 0 aromatic heterocycles. The quantitative estimate of drug-likeness (QED) is 0.584. The van der Waals surface area contributed by atoms with Crippen LogP contribution in [0.15, 0.2) is 65.6 Å². The van der Waals surface area contributed by atoms with Crippen LogP contribution in [0.4, 0.5) is 4.39 Å². The number of ether oxygens (including phenoxy) is 3. The largest absolute Gasteiger partial charge is 0.497 e. The van der Waals surface area contributed by atoms with Crippen molar-refractivity contribution in [2.24, 2.45) is 0 Å². The highest BCUT2D eigenvalue weighted by Crippen LogP contribution is 2.37. The summed E-state index contributed by atoms with van der Waals surface area (Å²) in [5.74, 6) is 1.15. The van der Waals surface area contributed by atoms with Gasteiger partial charge in [0.2, 0.25) is 10.0 Å². The van der Waals surface area contributed by atoms with Gasteiger partial charge in [0, 0.05) is 17.7 Å². The van der Waals surface area contributed by atoms with E-state index in [1.54, 1.807) is 36.4 Å². The van der Waals surface area contributed by atoms with Crippen LogP contribution < -0.4 is 18.9 Å². The molecule has 30 heavy (non-hydrogen) atoms. The molecule has 0 saturated heterocycles. The Kier molecular flexibility index (Phi) is 6.59. The monoisotopic (exact) mass is 431 g/mol. The van der Waals surface area contributed by atoms with Gasteiger partial charge in [-0.1, -0.05) is 12.1 Å². The summed E-state index contributed by atoms with van der Waals surface area (Å²) in [6.07, 6.45) is 0. The van der Waals surface area contributed by atoms with Gasteiger partial charge in [-0.15, -0.1) is 0 Å². The minimum atomic E-state index is -3.70. The van der Waals surface area contributed by atoms with Crippen LogP contribution in [-0.2, 0) is 16.6 Å². The van der Waals surface area contributed by atoms with E-state index < -0.39 is 15.8 Å². The van der Waals surface area contributed by atoms with Crippen molar-refractivity contribution in [3.63, 3.8) is 0 Å². The highest BCUT2D eigenvalue weighted by molar-refractivity contribution is 7.89. The van der Waals surface area contributed by atoms with Gasteiger partial charge in [-0.2, -0.15) is 0 Å². The van der Waals surface area contributed by atoms with Crippen molar-refractivity contribution in [3.05, 3.63) is 72.0 Å². The number of halogens is 1. The molecule has 0 unspecified atom stereocenters. The minimum Gasteiger partial charge on any atom is -0.497 e. The van der Waals surface area contributed by atoms with Crippen LogP contribution in [-0.4, -0.2) is 29.7 Å². The van der Waals surface area contributed by atoms with Crippen LogP contribution in [0.5, 0.6) is 17.2 Å². The molecule has 0 bridgehead atoms. The molecule has 3 rings (SSSR count). The van der Waals surface area contributed by atoms with Gasteiger partial charge >= 0.3 is 0 Å². The van der Waals surface area contributed by atoms with Crippen LogP contribution >= 0.6 is 0 Å². The molecule has 0 aliphatic rings. The number of hydrogen-bond acceptors (Lipinski definition) is 5. The number of rotatable bonds is 8. The first-order chi connectivity index (χ1) is 14.4. The summed E-state index contributed by atoms with van der Waals surface area (Å²) in [7, 11) is 0.816. The van der Waals surface area contributed by atoms with Crippen LogP contribution in [0.3, 0.4) is 0 Å². The Labute approximate surface area is 175 Å². The molecule has 0 spiro atoms. The fourth-order valence-corrected chi connectivity index (χ4v) is 3.99. The van der Waals surface area contributed by atoms with Gasteiger partial charge in [0.15, 0.2) is 0 Å². The van der Waals surface area contributed by atoms with Crippen molar-refractivity contribution in [2.75, 3.05) is 21.3 Å². The van der Waals surface area contributed by atoms with Crippen molar-refractivity contribution >= 4 is 10.0 Å². The third kappa shape index (κ3) is 4.72. The van der Waals surface area contributed by atoms with E-state index >= 15 is 0 Å². The van der Waals surface area contributed by atoms with Crippen molar-refractivity contribution in [1.82, 2.24) is 4.72 Å². The van der Waals surface area contributed by atoms with Crippen molar-refractivity contribution < 1.29 is 27.0 Å². The fraction of sp³-hybridized carbons (Fsp3) is 0.182. The normalized spacial score (nSPS) is 11.2. The Morgan fingerprint density at radius 1 is 0.800 bits per heavy atom. The summed E-state index contributed by atoms with van der Waals surface area (Å²) in [6, 6.07) is 15.5. The summed E-state index contributed by atoms with van der Waals surface area (Å²) >= 11 is 0. The number of nitrogens with one attached hydrogen (secondary N) is 1. The number of hydrogen-bond donors (Lipinski definition) is 1. The Morgan fingerprint density at radius 3 is 2.13 bits per heavy atom. The maximum absolute atomic E-state index is 13.8. The van der Waals surface area contributed by atoms with Gasteiger partial charge in [0.05, 0.1) is 26.2 Å². The topological polar surface area (TPSA) is 73.9 Å². The molecule has 8 heteroatoms. The predicted molar refractivity (Wildman–Crippen MR) is 112 cm³/mol. The van der Waals surface area contributed by atoms with E-state index in [1.165, 1.54) is 45.6 Å². The van der Waals surface area contributed by atoms with Crippen LogP contribution in [0.1, 0.15) is 5.56 Å². The standard InChI is InChI=1S/C22H22FNO5S/c1-27-17-6-8-18(9-7-17)30(25,26)24-14-15-4-10-19(22(12-15)29-3)20-13-16(23)5-11-21(20)28-2/h4-13,24H,14H2,1-3H3. The summed E-state index contributed by atoms with van der Waals surface area (Å²) in [5, 5.41) is 0. The van der Waals surface area contributed by atoms with Crippen molar-refractivity contribution in [1.29, 1.82) is 0 Å². The molecule has 0 atom stereocenters. The summed E-state index contributed by atoms with van der Waals surface area (Å²) in [4.78, 5) is 0.136. The zero-order valence-electron chi connectivity index (χ0n) is 16.8. The second kappa shape index (κ2) is 9.15. The Morgan fingerprint density at radius 2 is 1.50 bits per heavy atom. The third-order valence-corrected chi connectivity index (χ3v) is 5.97. The molecule has 6 nitrogen and oxygen atoms in total. The molecular weight excluding hydrogens is 409 g/mol. The smallest absolute Gasteiger partial charge is 0.240 e. The van der Waals surface area contributed by atoms with Gasteiger partial charge in [-0.05, 0) is 54.1 Å². The Bertz CT molecular complexity index is 1130. The van der Waals surface area contributed by atoms with Gasteiger partial charge in [-0.25, -0.2) is 17.5 Å². The number of benzene rings is 3. The fourth-order valence-electron chi connectivity index (χ4n) is 2.98. The Balaban J connectivity index is 1.84. The first-order valence-corrected chi connectivity index (χ1v) is 10.5. The molecule has 0 amide bonds. The lowest BCUT2D eigenvalue weighted by Gasteiger charge is -2.14. The van der Waals surface area contributed by atoms with Crippen LogP contribution in [0, 0.1) is 5.82 Å². The summed E-state index contributed by atoms with van der Waals surface area (Å²) in [5.41, 5.74) is 1.86. The molecule has 0 fully saturated rings. The Hall–Kier alpha value is -3.10. The lowest BCUT2D eigenvalue weighted by Crippen LogP contribution is -2.23. The second-order valence-corrected chi connectivity index (χ2v) is 8.15. The van der Waals surface area contributed by atoms with Crippen molar-refractivity contribution in [2.45, 2.75) is 11.4 Å². The average molecular weight is 431 g/mol. The van der Waals surface area contributed by atoms with E-state index in [-0.39, 0.29) is 11.4 Å². The maximum atomic E-state index is 13.8. The number of sulfonamides is 1. The predicted octanol–water partition coefficient (Wildman–Crippen LogP) is 4.00. The van der Waals surface area contributed by atoms with E-state index in [9.17, 15) is 12.8 Å². The van der Waals surface area contributed by atoms with E-state index in [0.29, 0.717) is 33.9 Å². The van der Waals surface area contributed by atoms with E-state index in [2.05, 4.69) is 4.72 Å². The minimum absolute atomic E-state index is 0.0608. The molecule has 0 aliphatic carbocycles. The van der Waals surface area contributed by atoms with Gasteiger partial charge in [0.25, 0.3) is 0 Å². The average Bonchev–Trinajstić information content (AvgIpc) is 2.77. The van der Waals surface area contributed by atoms with Crippen LogP contribution in [0.2, 0.25) is 0 Å². The van der Waals surface area contributed by atoms with Crippen LogP contribution in [0.25, 0.3) is 11.1 Å². The lowest BCUT2D eigenvalue weighted by molar-refractivity contribution is 0.409. The highest BCUT2D eigenvalue weighted by Gasteiger charge is 2.16. The molecule has 3 aromatic rings. The summed E-state index contributed by atoms with van der Waals surface area (Å²) < 4.78 is 57.2. The molecular formula is C22H22FNO5S. The molecule has 1 N–H and O–H groups in total. The molecule has 0 heterocycles. The molecule has 0 aliphatic heterocycles. The summed E-state index contributed by atoms with van der Waals surface area (Å²) in [6.45, 7) is 0.0608. The zero-order chi connectivity index (χ0) is 21.7.